The normalized spacial score (nSPS) is 20.8. The van der Waals surface area contributed by atoms with E-state index in [-0.39, 0.29) is 6.10 Å². The SMILES string of the molecule is CC(C)(N)[C@H](NC(=O)c1ccc(C#C[C@H]2CC[C@@H](O)CC2)cc1)C(=O)NO. The zero-order chi connectivity index (χ0) is 20.0. The summed E-state index contributed by atoms with van der Waals surface area (Å²) in [6.45, 7) is 3.16. The van der Waals surface area contributed by atoms with Gasteiger partial charge in [0.1, 0.15) is 6.04 Å². The summed E-state index contributed by atoms with van der Waals surface area (Å²) in [5.41, 5.74) is 7.53. The molecular formula is C20H27N3O4. The number of benzene rings is 1. The molecule has 1 aromatic carbocycles. The molecule has 7 nitrogen and oxygen atoms in total. The number of hydroxylamine groups is 1. The van der Waals surface area contributed by atoms with Gasteiger partial charge in [-0.3, -0.25) is 14.8 Å². The van der Waals surface area contributed by atoms with Gasteiger partial charge in [0, 0.05) is 22.6 Å². The van der Waals surface area contributed by atoms with E-state index in [1.165, 1.54) is 5.48 Å². The Balaban J connectivity index is 2.02. The van der Waals surface area contributed by atoms with Gasteiger partial charge in [-0.15, -0.1) is 0 Å². The maximum absolute atomic E-state index is 12.4. The Hall–Kier alpha value is -2.40. The second-order valence-corrected chi connectivity index (χ2v) is 7.56. The average Bonchev–Trinajstić information content (AvgIpc) is 2.64. The molecule has 1 saturated carbocycles. The summed E-state index contributed by atoms with van der Waals surface area (Å²) >= 11 is 0. The number of aliphatic hydroxyl groups is 1. The lowest BCUT2D eigenvalue weighted by molar-refractivity contribution is -0.132. The van der Waals surface area contributed by atoms with Crippen LogP contribution in [0.2, 0.25) is 0 Å². The van der Waals surface area contributed by atoms with Crippen molar-refractivity contribution in [1.29, 1.82) is 0 Å². The molecule has 1 aliphatic rings. The molecule has 0 spiro atoms. The average molecular weight is 373 g/mol. The molecule has 27 heavy (non-hydrogen) atoms. The molecule has 7 heteroatoms. The van der Waals surface area contributed by atoms with Crippen LogP contribution in [-0.4, -0.2) is 39.8 Å². The van der Waals surface area contributed by atoms with E-state index in [0.29, 0.717) is 11.5 Å². The highest BCUT2D eigenvalue weighted by Gasteiger charge is 2.33. The molecule has 6 N–H and O–H groups in total. The largest absolute Gasteiger partial charge is 0.393 e. The van der Waals surface area contributed by atoms with Gasteiger partial charge in [0.15, 0.2) is 0 Å². The van der Waals surface area contributed by atoms with Gasteiger partial charge in [0.2, 0.25) is 0 Å². The smallest absolute Gasteiger partial charge is 0.267 e. The van der Waals surface area contributed by atoms with Crippen molar-refractivity contribution in [2.75, 3.05) is 0 Å². The number of carbonyl (C=O) groups is 2. The van der Waals surface area contributed by atoms with E-state index in [1.807, 2.05) is 0 Å². The first-order chi connectivity index (χ1) is 12.7. The first-order valence-corrected chi connectivity index (χ1v) is 9.04. The predicted octanol–water partition coefficient (Wildman–Crippen LogP) is 0.930. The van der Waals surface area contributed by atoms with E-state index in [0.717, 1.165) is 31.2 Å². The van der Waals surface area contributed by atoms with Crippen molar-refractivity contribution >= 4 is 11.8 Å². The quantitative estimate of drug-likeness (QED) is 0.305. The lowest BCUT2D eigenvalue weighted by Crippen LogP contribution is -2.61. The minimum atomic E-state index is -1.09. The van der Waals surface area contributed by atoms with Crippen molar-refractivity contribution in [3.8, 4) is 11.8 Å². The number of amides is 2. The van der Waals surface area contributed by atoms with Gasteiger partial charge in [0.25, 0.3) is 11.8 Å². The summed E-state index contributed by atoms with van der Waals surface area (Å²) in [6, 6.07) is 5.65. The molecule has 0 bridgehead atoms. The molecule has 0 aliphatic heterocycles. The van der Waals surface area contributed by atoms with E-state index in [4.69, 9.17) is 10.9 Å². The molecule has 0 saturated heterocycles. The van der Waals surface area contributed by atoms with Gasteiger partial charge in [-0.05, 0) is 63.8 Å². The molecular weight excluding hydrogens is 346 g/mol. The molecule has 1 fully saturated rings. The van der Waals surface area contributed by atoms with Gasteiger partial charge in [-0.25, -0.2) is 5.48 Å². The van der Waals surface area contributed by atoms with E-state index in [1.54, 1.807) is 38.1 Å². The first kappa shape index (κ1) is 20.9. The van der Waals surface area contributed by atoms with Crippen LogP contribution in [0.15, 0.2) is 24.3 Å². The van der Waals surface area contributed by atoms with Gasteiger partial charge in [-0.2, -0.15) is 0 Å². The third-order valence-electron chi connectivity index (χ3n) is 4.66. The number of carbonyl (C=O) groups excluding carboxylic acids is 2. The van der Waals surface area contributed by atoms with Crippen molar-refractivity contribution in [2.45, 2.75) is 57.2 Å². The summed E-state index contributed by atoms with van der Waals surface area (Å²) in [7, 11) is 0. The third kappa shape index (κ3) is 6.07. The summed E-state index contributed by atoms with van der Waals surface area (Å²) in [6.07, 6.45) is 3.18. The van der Waals surface area contributed by atoms with Crippen molar-refractivity contribution in [1.82, 2.24) is 10.8 Å². The molecule has 146 valence electrons. The van der Waals surface area contributed by atoms with E-state index in [2.05, 4.69) is 17.2 Å². The highest BCUT2D eigenvalue weighted by Crippen LogP contribution is 2.23. The summed E-state index contributed by atoms with van der Waals surface area (Å²) in [5, 5.41) is 20.9. The van der Waals surface area contributed by atoms with Crippen molar-refractivity contribution in [3.63, 3.8) is 0 Å². The molecule has 0 unspecified atom stereocenters. The van der Waals surface area contributed by atoms with Crippen LogP contribution < -0.4 is 16.5 Å². The predicted molar refractivity (Wildman–Crippen MR) is 101 cm³/mol. The molecule has 0 heterocycles. The lowest BCUT2D eigenvalue weighted by Gasteiger charge is -2.29. The second kappa shape index (κ2) is 9.00. The lowest BCUT2D eigenvalue weighted by atomic mass is 9.88. The molecule has 2 amide bonds. The fourth-order valence-electron chi connectivity index (χ4n) is 2.98. The topological polar surface area (TPSA) is 125 Å². The highest BCUT2D eigenvalue weighted by molar-refractivity contribution is 5.97. The summed E-state index contributed by atoms with van der Waals surface area (Å²) in [5.74, 6) is 5.37. The number of nitrogens with one attached hydrogen (secondary N) is 2. The van der Waals surface area contributed by atoms with Gasteiger partial charge < -0.3 is 16.2 Å². The van der Waals surface area contributed by atoms with Crippen LogP contribution in [0.1, 0.15) is 55.5 Å². The number of hydrogen-bond donors (Lipinski definition) is 5. The maximum Gasteiger partial charge on any atom is 0.267 e. The molecule has 1 aliphatic carbocycles. The van der Waals surface area contributed by atoms with Crippen LogP contribution in [0.5, 0.6) is 0 Å². The van der Waals surface area contributed by atoms with Gasteiger partial charge >= 0.3 is 0 Å². The van der Waals surface area contributed by atoms with E-state index < -0.39 is 23.4 Å². The number of aliphatic hydroxyl groups excluding tert-OH is 1. The fourth-order valence-corrected chi connectivity index (χ4v) is 2.98. The van der Waals surface area contributed by atoms with Gasteiger partial charge in [-0.1, -0.05) is 11.8 Å². The third-order valence-corrected chi connectivity index (χ3v) is 4.66. The summed E-state index contributed by atoms with van der Waals surface area (Å²) in [4.78, 5) is 24.1. The van der Waals surface area contributed by atoms with Crippen LogP contribution in [0, 0.1) is 17.8 Å². The van der Waals surface area contributed by atoms with Crippen LogP contribution in [-0.2, 0) is 4.79 Å². The first-order valence-electron chi connectivity index (χ1n) is 9.04. The summed E-state index contributed by atoms with van der Waals surface area (Å²) < 4.78 is 0. The number of hydrogen-bond acceptors (Lipinski definition) is 5. The number of rotatable bonds is 4. The minimum absolute atomic E-state index is 0.198. The number of nitrogens with two attached hydrogens (primary N) is 1. The Morgan fingerprint density at radius 1 is 1.19 bits per heavy atom. The monoisotopic (exact) mass is 373 g/mol. The molecule has 0 aromatic heterocycles. The Labute approximate surface area is 159 Å². The Morgan fingerprint density at radius 3 is 2.30 bits per heavy atom. The Morgan fingerprint density at radius 2 is 1.78 bits per heavy atom. The fraction of sp³-hybridized carbons (Fsp3) is 0.500. The second-order valence-electron chi connectivity index (χ2n) is 7.56. The van der Waals surface area contributed by atoms with Gasteiger partial charge in [0.05, 0.1) is 6.10 Å². The van der Waals surface area contributed by atoms with Crippen molar-refractivity contribution < 1.29 is 19.9 Å². The zero-order valence-electron chi connectivity index (χ0n) is 15.7. The zero-order valence-corrected chi connectivity index (χ0v) is 15.7. The Bertz CT molecular complexity index is 720. The molecule has 0 radical (unpaired) electrons. The van der Waals surface area contributed by atoms with Crippen LogP contribution in [0.3, 0.4) is 0 Å². The Kier molecular flexibility index (Phi) is 6.97. The standard InChI is InChI=1S/C20H27N3O4/c1-20(2,21)17(19(26)23-27)22-18(25)15-9-5-13(6-10-15)3-4-14-7-11-16(24)12-8-14/h5-6,9-10,14,16-17,24,27H,7-8,11-12,21H2,1-2H3,(H,22,25)(H,23,26)/t14-,16+,17-/m1/s1. The van der Waals surface area contributed by atoms with Crippen LogP contribution >= 0.6 is 0 Å². The molecule has 1 atom stereocenters. The maximum atomic E-state index is 12.4. The van der Waals surface area contributed by atoms with Crippen LogP contribution in [0.25, 0.3) is 0 Å². The van der Waals surface area contributed by atoms with Crippen LogP contribution in [0.4, 0.5) is 0 Å². The highest BCUT2D eigenvalue weighted by atomic mass is 16.5. The van der Waals surface area contributed by atoms with E-state index >= 15 is 0 Å². The molecule has 2 rings (SSSR count). The minimum Gasteiger partial charge on any atom is -0.393 e. The van der Waals surface area contributed by atoms with Crippen molar-refractivity contribution in [3.05, 3.63) is 35.4 Å². The van der Waals surface area contributed by atoms with E-state index in [9.17, 15) is 14.7 Å². The van der Waals surface area contributed by atoms with Crippen molar-refractivity contribution in [2.24, 2.45) is 11.7 Å². The molecule has 1 aromatic rings.